The fourth-order valence-electron chi connectivity index (χ4n) is 1.40. The van der Waals surface area contributed by atoms with E-state index in [1.54, 1.807) is 10.9 Å². The first-order valence-corrected chi connectivity index (χ1v) is 5.05. The summed E-state index contributed by atoms with van der Waals surface area (Å²) in [6.07, 6.45) is 1.61. The Morgan fingerprint density at radius 2 is 2.19 bits per heavy atom. The monoisotopic (exact) mass is 232 g/mol. The highest BCUT2D eigenvalue weighted by Gasteiger charge is 2.06. The molecule has 0 unspecified atom stereocenters. The van der Waals surface area contributed by atoms with Crippen molar-refractivity contribution < 1.29 is 0 Å². The topological polar surface area (TPSA) is 67.6 Å². The van der Waals surface area contributed by atoms with Gasteiger partial charge >= 0.3 is 0 Å². The normalized spacial score (nSPS) is 10.0. The van der Waals surface area contributed by atoms with Gasteiger partial charge < -0.3 is 5.73 Å². The Morgan fingerprint density at radius 3 is 2.81 bits per heavy atom. The molecule has 16 heavy (non-hydrogen) atoms. The molecule has 0 radical (unpaired) electrons. The second-order valence-electron chi connectivity index (χ2n) is 3.33. The summed E-state index contributed by atoms with van der Waals surface area (Å²) in [7, 11) is 0. The van der Waals surface area contributed by atoms with Crippen molar-refractivity contribution in [1.29, 1.82) is 5.26 Å². The van der Waals surface area contributed by atoms with Crippen LogP contribution in [0.15, 0.2) is 30.5 Å². The molecule has 0 amide bonds. The first kappa shape index (κ1) is 10.5. The Labute approximate surface area is 97.9 Å². The maximum atomic E-state index is 8.74. The predicted octanol–water partition coefficient (Wildman–Crippen LogP) is 2.04. The van der Waals surface area contributed by atoms with Crippen LogP contribution >= 0.6 is 11.6 Å². The molecule has 2 aromatic rings. The molecule has 1 aromatic heterocycles. The van der Waals surface area contributed by atoms with Crippen molar-refractivity contribution in [1.82, 2.24) is 9.78 Å². The van der Waals surface area contributed by atoms with Crippen LogP contribution in [0.5, 0.6) is 0 Å². The van der Waals surface area contributed by atoms with Gasteiger partial charge in [0.25, 0.3) is 0 Å². The van der Waals surface area contributed by atoms with Crippen LogP contribution in [0.2, 0.25) is 5.02 Å². The fourth-order valence-corrected chi connectivity index (χ4v) is 1.60. The molecule has 0 atom stereocenters. The number of nitrogens with two attached hydrogens (primary N) is 1. The average Bonchev–Trinajstić information content (AvgIpc) is 2.62. The van der Waals surface area contributed by atoms with Gasteiger partial charge in [-0.3, -0.25) is 4.68 Å². The van der Waals surface area contributed by atoms with Crippen LogP contribution in [0.3, 0.4) is 0 Å². The SMILES string of the molecule is N#Cc1cn(Cc2ccccc2Cl)nc1N. The molecule has 80 valence electrons. The van der Waals surface area contributed by atoms with Gasteiger partial charge in [0.05, 0.1) is 6.54 Å². The first-order valence-electron chi connectivity index (χ1n) is 4.67. The van der Waals surface area contributed by atoms with Gasteiger partial charge in [0.2, 0.25) is 0 Å². The molecule has 4 nitrogen and oxygen atoms in total. The molecule has 2 N–H and O–H groups in total. The molecule has 0 aliphatic rings. The summed E-state index contributed by atoms with van der Waals surface area (Å²) in [5.74, 6) is 0.245. The highest BCUT2D eigenvalue weighted by molar-refractivity contribution is 6.31. The number of hydrogen-bond acceptors (Lipinski definition) is 3. The van der Waals surface area contributed by atoms with Crippen LogP contribution in [0.4, 0.5) is 5.82 Å². The highest BCUT2D eigenvalue weighted by Crippen LogP contribution is 2.17. The van der Waals surface area contributed by atoms with Crippen molar-refractivity contribution in [2.24, 2.45) is 0 Å². The average molecular weight is 233 g/mol. The standard InChI is InChI=1S/C11H9ClN4/c12-10-4-2-1-3-8(10)6-16-7-9(5-13)11(14)15-16/h1-4,7H,6H2,(H2,14,15). The molecule has 1 aromatic carbocycles. The lowest BCUT2D eigenvalue weighted by Crippen LogP contribution is -2.01. The zero-order valence-corrected chi connectivity index (χ0v) is 9.15. The number of nitrogen functional groups attached to an aromatic ring is 1. The van der Waals surface area contributed by atoms with E-state index in [4.69, 9.17) is 22.6 Å². The van der Waals surface area contributed by atoms with Crippen molar-refractivity contribution in [3.63, 3.8) is 0 Å². The van der Waals surface area contributed by atoms with Crippen molar-refractivity contribution in [2.75, 3.05) is 5.73 Å². The van der Waals surface area contributed by atoms with E-state index >= 15 is 0 Å². The van der Waals surface area contributed by atoms with Gasteiger partial charge in [0.1, 0.15) is 11.6 Å². The Hall–Kier alpha value is -1.99. The molecule has 2 rings (SSSR count). The highest BCUT2D eigenvalue weighted by atomic mass is 35.5. The predicted molar refractivity (Wildman–Crippen MR) is 61.9 cm³/mol. The lowest BCUT2D eigenvalue weighted by Gasteiger charge is -2.03. The van der Waals surface area contributed by atoms with Crippen LogP contribution < -0.4 is 5.73 Å². The molecular formula is C11H9ClN4. The van der Waals surface area contributed by atoms with Gasteiger partial charge in [-0.25, -0.2) is 0 Å². The van der Waals surface area contributed by atoms with Gasteiger partial charge in [-0.15, -0.1) is 0 Å². The Balaban J connectivity index is 2.28. The van der Waals surface area contributed by atoms with E-state index in [0.717, 1.165) is 5.56 Å². The minimum absolute atomic E-state index is 0.245. The van der Waals surface area contributed by atoms with Gasteiger partial charge in [0, 0.05) is 11.2 Å². The molecule has 0 saturated carbocycles. The summed E-state index contributed by atoms with van der Waals surface area (Å²) in [4.78, 5) is 0. The van der Waals surface area contributed by atoms with E-state index in [2.05, 4.69) is 5.10 Å². The molecule has 0 fully saturated rings. The Kier molecular flexibility index (Phi) is 2.80. The second kappa shape index (κ2) is 4.25. The van der Waals surface area contributed by atoms with Gasteiger partial charge in [-0.2, -0.15) is 10.4 Å². The molecule has 0 saturated heterocycles. The minimum atomic E-state index is 0.245. The van der Waals surface area contributed by atoms with E-state index in [-0.39, 0.29) is 5.82 Å². The molecular weight excluding hydrogens is 224 g/mol. The molecule has 0 spiro atoms. The van der Waals surface area contributed by atoms with Crippen molar-refractivity contribution >= 4 is 17.4 Å². The smallest absolute Gasteiger partial charge is 0.163 e. The van der Waals surface area contributed by atoms with E-state index in [1.807, 2.05) is 30.3 Å². The summed E-state index contributed by atoms with van der Waals surface area (Å²) in [6, 6.07) is 9.47. The Morgan fingerprint density at radius 1 is 1.44 bits per heavy atom. The number of nitriles is 1. The lowest BCUT2D eigenvalue weighted by atomic mass is 10.2. The maximum Gasteiger partial charge on any atom is 0.163 e. The van der Waals surface area contributed by atoms with Crippen LogP contribution in [-0.2, 0) is 6.54 Å². The molecule has 5 heteroatoms. The number of hydrogen-bond donors (Lipinski definition) is 1. The van der Waals surface area contributed by atoms with E-state index in [0.29, 0.717) is 17.1 Å². The number of benzene rings is 1. The number of nitrogens with zero attached hydrogens (tertiary/aromatic N) is 3. The van der Waals surface area contributed by atoms with E-state index in [9.17, 15) is 0 Å². The van der Waals surface area contributed by atoms with Crippen LogP contribution in [0, 0.1) is 11.3 Å². The number of rotatable bonds is 2. The van der Waals surface area contributed by atoms with Gasteiger partial charge in [0.15, 0.2) is 5.82 Å². The van der Waals surface area contributed by atoms with Crippen molar-refractivity contribution in [3.05, 3.63) is 46.6 Å². The van der Waals surface area contributed by atoms with Crippen molar-refractivity contribution in [2.45, 2.75) is 6.54 Å². The van der Waals surface area contributed by atoms with E-state index < -0.39 is 0 Å². The second-order valence-corrected chi connectivity index (χ2v) is 3.74. The third-order valence-corrected chi connectivity index (χ3v) is 2.57. The Bertz CT molecular complexity index is 553. The number of anilines is 1. The summed E-state index contributed by atoms with van der Waals surface area (Å²) in [5.41, 5.74) is 6.88. The quantitative estimate of drug-likeness (QED) is 0.862. The van der Waals surface area contributed by atoms with Crippen LogP contribution in [0.25, 0.3) is 0 Å². The third kappa shape index (κ3) is 2.00. The fraction of sp³-hybridized carbons (Fsp3) is 0.0909. The summed E-state index contributed by atoms with van der Waals surface area (Å²) >= 11 is 6.02. The van der Waals surface area contributed by atoms with Crippen LogP contribution in [-0.4, -0.2) is 9.78 Å². The summed E-state index contributed by atoms with van der Waals surface area (Å²) in [5, 5.41) is 13.5. The molecule has 0 aliphatic carbocycles. The molecule has 0 bridgehead atoms. The molecule has 0 aliphatic heterocycles. The summed E-state index contributed by atoms with van der Waals surface area (Å²) < 4.78 is 1.61. The number of aromatic nitrogens is 2. The first-order chi connectivity index (χ1) is 7.70. The largest absolute Gasteiger partial charge is 0.381 e. The van der Waals surface area contributed by atoms with Crippen molar-refractivity contribution in [3.8, 4) is 6.07 Å². The maximum absolute atomic E-state index is 8.74. The lowest BCUT2D eigenvalue weighted by molar-refractivity contribution is 0.690. The van der Waals surface area contributed by atoms with Gasteiger partial charge in [-0.1, -0.05) is 29.8 Å². The zero-order chi connectivity index (χ0) is 11.5. The summed E-state index contributed by atoms with van der Waals surface area (Å²) in [6.45, 7) is 0.506. The van der Waals surface area contributed by atoms with Crippen LogP contribution in [0.1, 0.15) is 11.1 Å². The molecule has 1 heterocycles. The van der Waals surface area contributed by atoms with E-state index in [1.165, 1.54) is 0 Å². The zero-order valence-electron chi connectivity index (χ0n) is 8.39. The third-order valence-electron chi connectivity index (χ3n) is 2.20. The number of halogens is 1. The minimum Gasteiger partial charge on any atom is -0.381 e. The van der Waals surface area contributed by atoms with Gasteiger partial charge in [-0.05, 0) is 11.6 Å².